The maximum atomic E-state index is 13.5. The van der Waals surface area contributed by atoms with E-state index in [2.05, 4.69) is 11.8 Å². The van der Waals surface area contributed by atoms with Crippen LogP contribution in [0.15, 0.2) is 54.2 Å². The molecule has 2 aliphatic heterocycles. The van der Waals surface area contributed by atoms with E-state index >= 15 is 0 Å². The standard InChI is InChI=1S/C23H24ClN3O3/c1-3-25-11-13-26(14-12-25)21-20(16-7-9-17(24)10-8-16)22(28)27(23(21)29)18-5-4-6-19(15-18)30-2/h4-10,15H,3,11-14H2,1-2H3. The molecule has 0 bridgehead atoms. The summed E-state index contributed by atoms with van der Waals surface area (Å²) in [5, 5.41) is 0.582. The van der Waals surface area contributed by atoms with E-state index in [0.29, 0.717) is 46.4 Å². The molecule has 2 amide bonds. The largest absolute Gasteiger partial charge is 0.497 e. The highest BCUT2D eigenvalue weighted by Crippen LogP contribution is 2.36. The number of halogens is 1. The number of amides is 2. The van der Waals surface area contributed by atoms with Crippen LogP contribution in [-0.4, -0.2) is 61.4 Å². The number of hydrogen-bond acceptors (Lipinski definition) is 5. The van der Waals surface area contributed by atoms with Crippen molar-refractivity contribution in [2.75, 3.05) is 44.7 Å². The van der Waals surface area contributed by atoms with Gasteiger partial charge in [-0.15, -0.1) is 0 Å². The highest BCUT2D eigenvalue weighted by Gasteiger charge is 2.43. The minimum atomic E-state index is -0.330. The third-order valence-corrected chi connectivity index (χ3v) is 5.89. The quantitative estimate of drug-likeness (QED) is 0.688. The molecule has 2 heterocycles. The Balaban J connectivity index is 1.77. The van der Waals surface area contributed by atoms with E-state index in [0.717, 1.165) is 19.6 Å². The van der Waals surface area contributed by atoms with Crippen molar-refractivity contribution in [2.24, 2.45) is 0 Å². The summed E-state index contributed by atoms with van der Waals surface area (Å²) >= 11 is 6.05. The SMILES string of the molecule is CCN1CCN(C2=C(c3ccc(Cl)cc3)C(=O)N(c3cccc(OC)c3)C2=O)CC1. The average molecular weight is 426 g/mol. The second kappa shape index (κ2) is 8.50. The van der Waals surface area contributed by atoms with Gasteiger partial charge in [0.15, 0.2) is 0 Å². The second-order valence-corrected chi connectivity index (χ2v) is 7.74. The molecule has 0 aromatic heterocycles. The van der Waals surface area contributed by atoms with Gasteiger partial charge in [0.2, 0.25) is 0 Å². The number of hydrogen-bond donors (Lipinski definition) is 0. The maximum absolute atomic E-state index is 13.5. The lowest BCUT2D eigenvalue weighted by molar-refractivity contribution is -0.120. The smallest absolute Gasteiger partial charge is 0.282 e. The van der Waals surface area contributed by atoms with Gasteiger partial charge in [0.05, 0.1) is 18.4 Å². The van der Waals surface area contributed by atoms with Crippen LogP contribution in [0.4, 0.5) is 5.69 Å². The van der Waals surface area contributed by atoms with Crippen molar-refractivity contribution >= 4 is 34.7 Å². The van der Waals surface area contributed by atoms with Crippen LogP contribution in [0.25, 0.3) is 5.57 Å². The van der Waals surface area contributed by atoms with E-state index in [1.807, 2.05) is 4.90 Å². The fourth-order valence-electron chi connectivity index (χ4n) is 3.96. The predicted molar refractivity (Wildman–Crippen MR) is 118 cm³/mol. The highest BCUT2D eigenvalue weighted by molar-refractivity contribution is 6.45. The third-order valence-electron chi connectivity index (χ3n) is 5.64. The van der Waals surface area contributed by atoms with Gasteiger partial charge in [-0.25, -0.2) is 4.90 Å². The predicted octanol–water partition coefficient (Wildman–Crippen LogP) is 3.27. The fourth-order valence-corrected chi connectivity index (χ4v) is 4.09. The summed E-state index contributed by atoms with van der Waals surface area (Å²) in [4.78, 5) is 32.7. The summed E-state index contributed by atoms with van der Waals surface area (Å²) < 4.78 is 5.28. The molecule has 156 valence electrons. The summed E-state index contributed by atoms with van der Waals surface area (Å²) in [6.07, 6.45) is 0. The lowest BCUT2D eigenvalue weighted by Crippen LogP contribution is -2.47. The van der Waals surface area contributed by atoms with Crippen molar-refractivity contribution < 1.29 is 14.3 Å². The molecule has 0 spiro atoms. The molecule has 0 atom stereocenters. The average Bonchev–Trinajstić information content (AvgIpc) is 3.04. The second-order valence-electron chi connectivity index (χ2n) is 7.30. The van der Waals surface area contributed by atoms with Crippen LogP contribution < -0.4 is 9.64 Å². The summed E-state index contributed by atoms with van der Waals surface area (Å²) in [5.74, 6) is -0.0437. The molecule has 0 aliphatic carbocycles. The van der Waals surface area contributed by atoms with Crippen molar-refractivity contribution in [3.63, 3.8) is 0 Å². The normalized spacial score (nSPS) is 17.8. The Morgan fingerprint density at radius 3 is 2.30 bits per heavy atom. The van der Waals surface area contributed by atoms with E-state index in [-0.39, 0.29) is 11.8 Å². The van der Waals surface area contributed by atoms with E-state index in [9.17, 15) is 9.59 Å². The molecule has 0 saturated carbocycles. The lowest BCUT2D eigenvalue weighted by atomic mass is 10.0. The summed E-state index contributed by atoms with van der Waals surface area (Å²) in [6, 6.07) is 14.1. The van der Waals surface area contributed by atoms with Gasteiger partial charge in [-0.05, 0) is 36.4 Å². The van der Waals surface area contributed by atoms with E-state index in [1.165, 1.54) is 4.90 Å². The topological polar surface area (TPSA) is 53.1 Å². The first kappa shape index (κ1) is 20.4. The highest BCUT2D eigenvalue weighted by atomic mass is 35.5. The monoisotopic (exact) mass is 425 g/mol. The van der Waals surface area contributed by atoms with Crippen molar-refractivity contribution in [1.82, 2.24) is 9.80 Å². The van der Waals surface area contributed by atoms with Gasteiger partial charge in [-0.2, -0.15) is 0 Å². The number of ether oxygens (including phenoxy) is 1. The number of imide groups is 1. The van der Waals surface area contributed by atoms with Gasteiger partial charge in [0.1, 0.15) is 11.4 Å². The van der Waals surface area contributed by atoms with Crippen LogP contribution in [0.3, 0.4) is 0 Å². The van der Waals surface area contributed by atoms with Gasteiger partial charge in [0, 0.05) is 37.3 Å². The first-order valence-electron chi connectivity index (χ1n) is 10.0. The van der Waals surface area contributed by atoms with E-state index < -0.39 is 0 Å². The molecule has 2 aromatic rings. The Morgan fingerprint density at radius 2 is 1.67 bits per heavy atom. The molecule has 6 nitrogen and oxygen atoms in total. The summed E-state index contributed by atoms with van der Waals surface area (Å²) in [5.41, 5.74) is 2.07. The zero-order chi connectivity index (χ0) is 21.3. The molecular weight excluding hydrogens is 402 g/mol. The van der Waals surface area contributed by atoms with Gasteiger partial charge in [-0.3, -0.25) is 9.59 Å². The number of methoxy groups -OCH3 is 1. The molecule has 1 saturated heterocycles. The van der Waals surface area contributed by atoms with Crippen molar-refractivity contribution in [1.29, 1.82) is 0 Å². The molecule has 0 unspecified atom stereocenters. The number of carbonyl (C=O) groups excluding carboxylic acids is 2. The molecule has 2 aromatic carbocycles. The molecule has 30 heavy (non-hydrogen) atoms. The van der Waals surface area contributed by atoms with Crippen LogP contribution in [0, 0.1) is 0 Å². The number of nitrogens with zero attached hydrogens (tertiary/aromatic N) is 3. The molecule has 7 heteroatoms. The van der Waals surface area contributed by atoms with Crippen molar-refractivity contribution in [2.45, 2.75) is 6.92 Å². The van der Waals surface area contributed by atoms with Gasteiger partial charge in [-0.1, -0.05) is 36.7 Å². The number of piperazine rings is 1. The number of rotatable bonds is 5. The molecule has 4 rings (SSSR count). The molecule has 0 radical (unpaired) electrons. The molecule has 2 aliphatic rings. The van der Waals surface area contributed by atoms with Crippen molar-refractivity contribution in [3.05, 3.63) is 64.8 Å². The fraction of sp³-hybridized carbons (Fsp3) is 0.304. The Morgan fingerprint density at radius 1 is 0.967 bits per heavy atom. The third kappa shape index (κ3) is 3.68. The Hall–Kier alpha value is -2.83. The maximum Gasteiger partial charge on any atom is 0.282 e. The van der Waals surface area contributed by atoms with E-state index in [4.69, 9.17) is 16.3 Å². The Bertz CT molecular complexity index is 995. The van der Waals surface area contributed by atoms with E-state index in [1.54, 1.807) is 55.6 Å². The molecule has 0 N–H and O–H groups in total. The minimum absolute atomic E-state index is 0.303. The number of carbonyl (C=O) groups is 2. The first-order valence-corrected chi connectivity index (χ1v) is 10.4. The zero-order valence-corrected chi connectivity index (χ0v) is 17.9. The van der Waals surface area contributed by atoms with Gasteiger partial charge in [0.25, 0.3) is 11.8 Å². The number of anilines is 1. The lowest BCUT2D eigenvalue weighted by Gasteiger charge is -2.36. The molecular formula is C23H24ClN3O3. The van der Waals surface area contributed by atoms with Gasteiger partial charge < -0.3 is 14.5 Å². The van der Waals surface area contributed by atoms with Crippen LogP contribution >= 0.6 is 11.6 Å². The number of likely N-dealkylation sites (N-methyl/N-ethyl adjacent to an activating group) is 1. The molecule has 1 fully saturated rings. The van der Waals surface area contributed by atoms with Crippen LogP contribution in [0.5, 0.6) is 5.75 Å². The van der Waals surface area contributed by atoms with Crippen LogP contribution in [0.1, 0.15) is 12.5 Å². The summed E-state index contributed by atoms with van der Waals surface area (Å²) in [6.45, 7) is 6.21. The zero-order valence-electron chi connectivity index (χ0n) is 17.1. The Kier molecular flexibility index (Phi) is 5.79. The van der Waals surface area contributed by atoms with Gasteiger partial charge >= 0.3 is 0 Å². The van der Waals surface area contributed by atoms with Crippen LogP contribution in [-0.2, 0) is 9.59 Å². The van der Waals surface area contributed by atoms with Crippen LogP contribution in [0.2, 0.25) is 5.02 Å². The first-order chi connectivity index (χ1) is 14.5. The minimum Gasteiger partial charge on any atom is -0.497 e. The number of benzene rings is 2. The Labute approximate surface area is 181 Å². The van der Waals surface area contributed by atoms with Crippen molar-refractivity contribution in [3.8, 4) is 5.75 Å². The summed E-state index contributed by atoms with van der Waals surface area (Å²) in [7, 11) is 1.56.